The van der Waals surface area contributed by atoms with E-state index >= 15 is 0 Å². The van der Waals surface area contributed by atoms with E-state index in [4.69, 9.17) is 5.73 Å². The quantitative estimate of drug-likeness (QED) is 0.454. The molecule has 2 N–H and O–H groups in total. The lowest BCUT2D eigenvalue weighted by Crippen LogP contribution is -2.06. The summed E-state index contributed by atoms with van der Waals surface area (Å²) in [6.07, 6.45) is 1.78. The number of anilines is 1. The van der Waals surface area contributed by atoms with Gasteiger partial charge in [-0.05, 0) is 48.5 Å². The topological polar surface area (TPSA) is 60.4 Å². The molecule has 106 valence electrons. The first-order valence-corrected chi connectivity index (χ1v) is 6.99. The van der Waals surface area contributed by atoms with E-state index in [-0.39, 0.29) is 5.78 Å². The fourth-order valence-corrected chi connectivity index (χ4v) is 2.68. The Morgan fingerprint density at radius 2 is 1.73 bits per heavy atom. The van der Waals surface area contributed by atoms with E-state index in [2.05, 4.69) is 4.98 Å². The molecule has 0 saturated carbocycles. The second kappa shape index (κ2) is 4.70. The van der Waals surface area contributed by atoms with Crippen LogP contribution in [0.25, 0.3) is 16.6 Å². The molecule has 4 heteroatoms. The summed E-state index contributed by atoms with van der Waals surface area (Å²) in [5.74, 6) is -0.0312. The molecule has 0 spiro atoms. The number of rotatable bonds is 2. The van der Waals surface area contributed by atoms with Gasteiger partial charge in [-0.15, -0.1) is 0 Å². The van der Waals surface area contributed by atoms with Crippen LogP contribution in [0.15, 0.2) is 66.9 Å². The number of carbonyl (C=O) groups is 1. The molecule has 4 aromatic rings. The smallest absolute Gasteiger partial charge is 0.209 e. The molecule has 0 atom stereocenters. The predicted molar refractivity (Wildman–Crippen MR) is 87.0 cm³/mol. The first kappa shape index (κ1) is 12.6. The zero-order chi connectivity index (χ0) is 15.1. The monoisotopic (exact) mass is 287 g/mol. The Hall–Kier alpha value is -3.14. The number of aromatic nitrogens is 2. The summed E-state index contributed by atoms with van der Waals surface area (Å²) in [5.41, 5.74) is 10.3. The highest BCUT2D eigenvalue weighted by Gasteiger charge is 2.15. The van der Waals surface area contributed by atoms with Crippen LogP contribution in [0.1, 0.15) is 16.1 Å². The maximum absolute atomic E-state index is 12.8. The van der Waals surface area contributed by atoms with Crippen molar-refractivity contribution < 1.29 is 4.79 Å². The maximum atomic E-state index is 12.8. The maximum Gasteiger partial charge on any atom is 0.209 e. The van der Waals surface area contributed by atoms with Crippen molar-refractivity contribution in [1.82, 2.24) is 9.38 Å². The van der Waals surface area contributed by atoms with Gasteiger partial charge in [0.05, 0.1) is 28.4 Å². The Morgan fingerprint density at radius 1 is 0.955 bits per heavy atom. The third kappa shape index (κ3) is 1.85. The van der Waals surface area contributed by atoms with Crippen LogP contribution in [0.4, 0.5) is 5.69 Å². The summed E-state index contributed by atoms with van der Waals surface area (Å²) in [6.45, 7) is 0. The van der Waals surface area contributed by atoms with Crippen molar-refractivity contribution >= 4 is 28.0 Å². The number of fused-ring (bicyclic) bond motifs is 3. The molecule has 0 saturated heterocycles. The molecule has 4 rings (SSSR count). The summed E-state index contributed by atoms with van der Waals surface area (Å²) >= 11 is 0. The van der Waals surface area contributed by atoms with Crippen molar-refractivity contribution in [2.24, 2.45) is 0 Å². The van der Waals surface area contributed by atoms with Crippen LogP contribution in [-0.4, -0.2) is 15.2 Å². The van der Waals surface area contributed by atoms with Gasteiger partial charge in [-0.25, -0.2) is 0 Å². The molecule has 0 unspecified atom stereocenters. The molecule has 0 amide bonds. The molecule has 0 aliphatic heterocycles. The van der Waals surface area contributed by atoms with E-state index < -0.39 is 0 Å². The van der Waals surface area contributed by atoms with Crippen LogP contribution in [0.3, 0.4) is 0 Å². The number of para-hydroxylation sites is 2. The molecule has 2 aromatic heterocycles. The third-order valence-electron chi connectivity index (χ3n) is 3.78. The minimum absolute atomic E-state index is 0.0312. The van der Waals surface area contributed by atoms with E-state index in [0.29, 0.717) is 16.9 Å². The number of ketones is 1. The number of nitrogens with zero attached hydrogens (tertiary/aromatic N) is 2. The molecule has 0 aliphatic carbocycles. The molecular formula is C18H13N3O. The standard InChI is InChI=1S/C18H13N3O/c19-13-7-5-12(6-8-13)18(22)17-10-9-14-11-20-15-3-1-2-4-16(15)21(14)17/h1-11H,19H2. The van der Waals surface area contributed by atoms with E-state index in [1.165, 1.54) is 0 Å². The fourth-order valence-electron chi connectivity index (χ4n) is 2.68. The molecule has 0 aliphatic rings. The average molecular weight is 287 g/mol. The predicted octanol–water partition coefficient (Wildman–Crippen LogP) is 3.30. The van der Waals surface area contributed by atoms with Crippen molar-refractivity contribution in [3.63, 3.8) is 0 Å². The Balaban J connectivity index is 1.97. The summed E-state index contributed by atoms with van der Waals surface area (Å²) in [5, 5.41) is 0. The Morgan fingerprint density at radius 3 is 2.55 bits per heavy atom. The van der Waals surface area contributed by atoms with Crippen molar-refractivity contribution in [2.45, 2.75) is 0 Å². The number of hydrogen-bond donors (Lipinski definition) is 1. The highest BCUT2D eigenvalue weighted by molar-refractivity contribution is 6.09. The zero-order valence-electron chi connectivity index (χ0n) is 11.7. The molecular weight excluding hydrogens is 274 g/mol. The van der Waals surface area contributed by atoms with Crippen LogP contribution in [0.2, 0.25) is 0 Å². The second-order valence-electron chi connectivity index (χ2n) is 5.18. The largest absolute Gasteiger partial charge is 0.399 e. The van der Waals surface area contributed by atoms with Gasteiger partial charge in [0.25, 0.3) is 0 Å². The van der Waals surface area contributed by atoms with Crippen molar-refractivity contribution in [2.75, 3.05) is 5.73 Å². The van der Waals surface area contributed by atoms with Gasteiger partial charge >= 0.3 is 0 Å². The van der Waals surface area contributed by atoms with Crippen LogP contribution < -0.4 is 5.73 Å². The van der Waals surface area contributed by atoms with Crippen LogP contribution >= 0.6 is 0 Å². The molecule has 22 heavy (non-hydrogen) atoms. The van der Waals surface area contributed by atoms with Gasteiger partial charge in [-0.2, -0.15) is 0 Å². The lowest BCUT2D eigenvalue weighted by atomic mass is 10.1. The van der Waals surface area contributed by atoms with Crippen LogP contribution in [0.5, 0.6) is 0 Å². The van der Waals surface area contributed by atoms with Crippen molar-refractivity contribution in [3.8, 4) is 0 Å². The third-order valence-corrected chi connectivity index (χ3v) is 3.78. The van der Waals surface area contributed by atoms with Gasteiger partial charge < -0.3 is 10.1 Å². The van der Waals surface area contributed by atoms with Gasteiger partial charge in [-0.1, -0.05) is 12.1 Å². The van der Waals surface area contributed by atoms with Gasteiger partial charge in [-0.3, -0.25) is 9.78 Å². The number of hydrogen-bond acceptors (Lipinski definition) is 3. The highest BCUT2D eigenvalue weighted by Crippen LogP contribution is 2.20. The summed E-state index contributed by atoms with van der Waals surface area (Å²) in [6, 6.07) is 18.5. The fraction of sp³-hybridized carbons (Fsp3) is 0. The lowest BCUT2D eigenvalue weighted by molar-refractivity contribution is 0.103. The Kier molecular flexibility index (Phi) is 2.69. The first-order chi connectivity index (χ1) is 10.7. The lowest BCUT2D eigenvalue weighted by Gasteiger charge is -2.06. The highest BCUT2D eigenvalue weighted by atomic mass is 16.1. The number of benzene rings is 2. The van der Waals surface area contributed by atoms with Gasteiger partial charge in [0.2, 0.25) is 5.78 Å². The Bertz CT molecular complexity index is 1000. The van der Waals surface area contributed by atoms with Gasteiger partial charge in [0, 0.05) is 11.3 Å². The second-order valence-corrected chi connectivity index (χ2v) is 5.18. The summed E-state index contributed by atoms with van der Waals surface area (Å²) < 4.78 is 1.95. The van der Waals surface area contributed by atoms with Crippen LogP contribution in [-0.2, 0) is 0 Å². The number of nitrogens with two attached hydrogens (primary N) is 1. The normalized spacial score (nSPS) is 11.1. The molecule has 0 fully saturated rings. The van der Waals surface area contributed by atoms with E-state index in [1.807, 2.05) is 40.8 Å². The zero-order valence-corrected chi connectivity index (χ0v) is 11.7. The van der Waals surface area contributed by atoms with E-state index in [0.717, 1.165) is 16.6 Å². The van der Waals surface area contributed by atoms with Crippen molar-refractivity contribution in [3.05, 3.63) is 78.1 Å². The summed E-state index contributed by atoms with van der Waals surface area (Å²) in [4.78, 5) is 17.2. The van der Waals surface area contributed by atoms with E-state index in [9.17, 15) is 4.79 Å². The molecule has 0 radical (unpaired) electrons. The molecule has 2 aromatic carbocycles. The van der Waals surface area contributed by atoms with Crippen molar-refractivity contribution in [1.29, 1.82) is 0 Å². The Labute approximate surface area is 126 Å². The summed E-state index contributed by atoms with van der Waals surface area (Å²) in [7, 11) is 0. The number of carbonyl (C=O) groups excluding carboxylic acids is 1. The van der Waals surface area contributed by atoms with Crippen LogP contribution in [0, 0.1) is 0 Å². The van der Waals surface area contributed by atoms with Gasteiger partial charge in [0.15, 0.2) is 0 Å². The number of nitrogen functional groups attached to an aromatic ring is 1. The molecule has 2 heterocycles. The van der Waals surface area contributed by atoms with E-state index in [1.54, 1.807) is 30.5 Å². The average Bonchev–Trinajstić information content (AvgIpc) is 2.99. The SMILES string of the molecule is Nc1ccc(C(=O)c2ccc3cnc4ccccc4n23)cc1. The molecule has 4 nitrogen and oxygen atoms in total. The minimum atomic E-state index is -0.0312. The molecule has 0 bridgehead atoms. The minimum Gasteiger partial charge on any atom is -0.399 e. The van der Waals surface area contributed by atoms with Gasteiger partial charge in [0.1, 0.15) is 0 Å². The first-order valence-electron chi connectivity index (χ1n) is 6.99.